The van der Waals surface area contributed by atoms with Gasteiger partial charge in [0.2, 0.25) is 0 Å². The molecule has 4 heteroatoms. The molecule has 2 unspecified atom stereocenters. The van der Waals surface area contributed by atoms with Crippen molar-refractivity contribution >= 4 is 5.97 Å². The molecule has 5 N–H and O–H groups in total. The van der Waals surface area contributed by atoms with Crippen molar-refractivity contribution in [3.8, 4) is 0 Å². The van der Waals surface area contributed by atoms with E-state index in [-0.39, 0.29) is 12.8 Å². The van der Waals surface area contributed by atoms with Gasteiger partial charge < -0.3 is 16.6 Å². The summed E-state index contributed by atoms with van der Waals surface area (Å²) in [4.78, 5) is 10.2. The highest BCUT2D eigenvalue weighted by atomic mass is 16.4. The number of rotatable bonds is 5. The molecule has 0 radical (unpaired) electrons. The Kier molecular flexibility index (Phi) is 3.18. The molecule has 60 valence electrons. The van der Waals surface area contributed by atoms with E-state index < -0.39 is 24.9 Å². The molecule has 0 aromatic rings. The van der Waals surface area contributed by atoms with Crippen molar-refractivity contribution in [2.24, 2.45) is 11.5 Å². The number of hydrogen-bond acceptors (Lipinski definition) is 3. The van der Waals surface area contributed by atoms with Crippen molar-refractivity contribution in [3.05, 3.63) is 0 Å². The molecule has 10 heavy (non-hydrogen) atoms. The molecule has 0 aliphatic rings. The predicted molar refractivity (Wildman–Crippen MR) is 38.5 cm³/mol. The average Bonchev–Trinajstić information content (AvgIpc) is 1.84. The maximum atomic E-state index is 10.2. The molecule has 0 heterocycles. The van der Waals surface area contributed by atoms with Gasteiger partial charge in [0.1, 0.15) is 6.04 Å². The fourth-order valence-electron chi connectivity index (χ4n) is 0.473. The van der Waals surface area contributed by atoms with E-state index in [0.717, 1.165) is 0 Å². The Hall–Kier alpha value is -0.610. The van der Waals surface area contributed by atoms with Gasteiger partial charge in [-0.15, -0.1) is 0 Å². The van der Waals surface area contributed by atoms with Crippen LogP contribution in [0.25, 0.3) is 0 Å². The van der Waals surface area contributed by atoms with Crippen LogP contribution in [0.3, 0.4) is 0 Å². The smallest absolute Gasteiger partial charge is 0.320 e. The van der Waals surface area contributed by atoms with E-state index >= 15 is 0 Å². The molecule has 0 aromatic heterocycles. The Balaban J connectivity index is 3.68. The van der Waals surface area contributed by atoms with E-state index in [2.05, 4.69) is 0 Å². The Bertz CT molecular complexity index is 154. The molecule has 4 nitrogen and oxygen atoms in total. The van der Waals surface area contributed by atoms with Crippen LogP contribution in [-0.2, 0) is 4.79 Å². The second-order valence-corrected chi connectivity index (χ2v) is 1.94. The fraction of sp³-hybridized carbons (Fsp3) is 0.833. The summed E-state index contributed by atoms with van der Waals surface area (Å²) in [7, 11) is 0. The van der Waals surface area contributed by atoms with E-state index in [1.807, 2.05) is 0 Å². The topological polar surface area (TPSA) is 89.3 Å². The molecule has 3 atom stereocenters. The van der Waals surface area contributed by atoms with Gasteiger partial charge in [0.15, 0.2) is 0 Å². The third-order valence-corrected chi connectivity index (χ3v) is 1.04. The summed E-state index contributed by atoms with van der Waals surface area (Å²) in [6.45, 7) is -0.825. The summed E-state index contributed by atoms with van der Waals surface area (Å²) in [5.74, 6) is -1.12. The molecule has 0 aromatic carbocycles. The zero-order valence-corrected chi connectivity index (χ0v) is 5.66. The third kappa shape index (κ3) is 4.29. The molecule has 0 amide bonds. The van der Waals surface area contributed by atoms with Gasteiger partial charge in [-0.1, -0.05) is 6.40 Å². The summed E-state index contributed by atoms with van der Waals surface area (Å²) in [6, 6.07) is -1.02. The lowest BCUT2D eigenvalue weighted by molar-refractivity contribution is -0.138. The van der Waals surface area contributed by atoms with Crippen LogP contribution in [0.1, 0.15) is 22.0 Å². The number of carboxylic acid groups (broad SMARTS) is 1. The van der Waals surface area contributed by atoms with Gasteiger partial charge in [0.25, 0.3) is 0 Å². The minimum absolute atomic E-state index is 0.0436. The largest absolute Gasteiger partial charge is 0.480 e. The van der Waals surface area contributed by atoms with Crippen molar-refractivity contribution in [2.45, 2.75) is 25.3 Å². The number of carbonyl (C=O) groups is 1. The van der Waals surface area contributed by atoms with E-state index in [4.69, 9.17) is 19.3 Å². The van der Waals surface area contributed by atoms with Gasteiger partial charge in [0, 0.05) is 2.74 Å². The van der Waals surface area contributed by atoms with Crippen LogP contribution >= 0.6 is 0 Å². The number of hydrogen-bond donors (Lipinski definition) is 3. The van der Waals surface area contributed by atoms with Gasteiger partial charge in [0.05, 0.1) is 0 Å². The predicted octanol–water partition coefficient (Wildman–Crippen LogP) is -0.473. The van der Waals surface area contributed by atoms with Crippen molar-refractivity contribution in [3.63, 3.8) is 0 Å². The summed E-state index contributed by atoms with van der Waals surface area (Å²) in [6.07, 6.45) is -0.466. The molecule has 0 bridgehead atoms. The number of carboxylic acids is 1. The maximum absolute atomic E-state index is 10.2. The lowest BCUT2D eigenvalue weighted by atomic mass is 10.3. The van der Waals surface area contributed by atoms with Gasteiger partial charge in [-0.2, -0.15) is 0 Å². The third-order valence-electron chi connectivity index (χ3n) is 1.04. The summed E-state index contributed by atoms with van der Waals surface area (Å²) in [5, 5.41) is 8.38. The minimum atomic E-state index is -1.12. The zero-order chi connectivity index (χ0) is 9.72. The molecular weight excluding hydrogens is 136 g/mol. The van der Waals surface area contributed by atoms with E-state index in [1.165, 1.54) is 0 Å². The first kappa shape index (κ1) is 6.12. The molecule has 0 fully saturated rings. The minimum Gasteiger partial charge on any atom is -0.480 e. The van der Waals surface area contributed by atoms with E-state index in [1.54, 1.807) is 0 Å². The summed E-state index contributed by atoms with van der Waals surface area (Å²) >= 11 is 0. The highest BCUT2D eigenvalue weighted by Gasteiger charge is 2.09. The van der Waals surface area contributed by atoms with Crippen LogP contribution in [0.15, 0.2) is 0 Å². The molecule has 0 aliphatic heterocycles. The molecule has 0 saturated heterocycles. The SMILES string of the molecule is [2H][13CH]([15NH2])C[13CH]([2H])C[C@H]([15NH2])C(=O)O. The van der Waals surface area contributed by atoms with E-state index in [0.29, 0.717) is 0 Å². The first-order valence-electron chi connectivity index (χ1n) is 4.17. The average molecular weight is 152 g/mol. The van der Waals surface area contributed by atoms with Crippen LogP contribution in [0.4, 0.5) is 0 Å². The Morgan fingerprint density at radius 1 is 1.80 bits per heavy atom. The van der Waals surface area contributed by atoms with Crippen LogP contribution < -0.4 is 11.5 Å². The Morgan fingerprint density at radius 3 is 2.80 bits per heavy atom. The van der Waals surface area contributed by atoms with Crippen LogP contribution in [0, 0.1) is 0 Å². The fourth-order valence-corrected chi connectivity index (χ4v) is 0.473. The van der Waals surface area contributed by atoms with Crippen molar-refractivity contribution in [1.29, 1.82) is 0 Å². The van der Waals surface area contributed by atoms with Crippen LogP contribution in [-0.4, -0.2) is 23.6 Å². The Morgan fingerprint density at radius 2 is 2.40 bits per heavy atom. The van der Waals surface area contributed by atoms with E-state index in [9.17, 15) is 4.79 Å². The lowest BCUT2D eigenvalue weighted by Gasteiger charge is -2.03. The lowest BCUT2D eigenvalue weighted by Crippen LogP contribution is -2.29. The molecule has 0 rings (SSSR count). The first-order valence-corrected chi connectivity index (χ1v) is 3.02. The standard InChI is InChI=1S/C6H14N2O2/c7-4-2-1-3-5(8)6(9)10/h5H,1-4,7-8H2,(H,9,10)/t5-/m0/s1/i1+1D,4+1D,7+1,8+1/t1?,4?,5-. The second-order valence-electron chi connectivity index (χ2n) is 1.94. The normalized spacial score (nSPS) is 22.2. The highest BCUT2D eigenvalue weighted by molar-refractivity contribution is 5.72. The highest BCUT2D eigenvalue weighted by Crippen LogP contribution is 1.96. The first-order chi connectivity index (χ1) is 5.43. The van der Waals surface area contributed by atoms with Crippen LogP contribution in [0.5, 0.6) is 0 Å². The number of nitrogens with two attached hydrogens (primary N) is 2. The van der Waals surface area contributed by atoms with Gasteiger partial charge in [-0.05, 0) is 19.4 Å². The van der Waals surface area contributed by atoms with Crippen molar-refractivity contribution in [1.82, 2.24) is 0 Å². The van der Waals surface area contributed by atoms with Gasteiger partial charge in [-0.25, -0.2) is 0 Å². The Labute approximate surface area is 63.0 Å². The van der Waals surface area contributed by atoms with Gasteiger partial charge >= 0.3 is 5.97 Å². The molecule has 0 saturated carbocycles. The monoisotopic (exact) mass is 152 g/mol. The van der Waals surface area contributed by atoms with Gasteiger partial charge in [-0.3, -0.25) is 4.79 Å². The van der Waals surface area contributed by atoms with Crippen molar-refractivity contribution < 1.29 is 12.6 Å². The zero-order valence-electron chi connectivity index (χ0n) is 7.66. The maximum Gasteiger partial charge on any atom is 0.320 e. The second kappa shape index (κ2) is 5.20. The summed E-state index contributed by atoms with van der Waals surface area (Å²) in [5.41, 5.74) is 10.3. The van der Waals surface area contributed by atoms with Crippen LogP contribution in [0.2, 0.25) is 0 Å². The molecule has 0 aliphatic carbocycles. The molecule has 0 spiro atoms. The molecular formula is C6H14N2O2. The van der Waals surface area contributed by atoms with Crippen molar-refractivity contribution in [2.75, 3.05) is 6.52 Å². The summed E-state index contributed by atoms with van der Waals surface area (Å²) < 4.78 is 14.2. The number of aliphatic carboxylic acids is 1. The quantitative estimate of drug-likeness (QED) is 0.367.